The summed E-state index contributed by atoms with van der Waals surface area (Å²) in [5.74, 6) is 0.164. The molecule has 1 aliphatic carbocycles. The molecule has 4 atom stereocenters. The summed E-state index contributed by atoms with van der Waals surface area (Å²) < 4.78 is 11.5. The fourth-order valence-corrected chi connectivity index (χ4v) is 3.70. The predicted molar refractivity (Wildman–Crippen MR) is 56.4 cm³/mol. The van der Waals surface area contributed by atoms with Gasteiger partial charge >= 0.3 is 6.09 Å². The first-order valence-corrected chi connectivity index (χ1v) is 5.79. The van der Waals surface area contributed by atoms with E-state index in [4.69, 9.17) is 9.47 Å². The van der Waals surface area contributed by atoms with Crippen LogP contribution in [0.25, 0.3) is 0 Å². The molecule has 4 rings (SSSR count). The van der Waals surface area contributed by atoms with E-state index in [2.05, 4.69) is 24.1 Å². The maximum atomic E-state index is 11.4. The first-order chi connectivity index (χ1) is 7.60. The molecule has 2 fully saturated rings. The number of nitrogens with zero attached hydrogens (tertiary/aromatic N) is 1. The number of hydrogen-bond acceptors (Lipinski definition) is 3. The van der Waals surface area contributed by atoms with Gasteiger partial charge < -0.3 is 9.47 Å². The van der Waals surface area contributed by atoms with E-state index in [-0.39, 0.29) is 23.2 Å². The molecule has 1 spiro atoms. The summed E-state index contributed by atoms with van der Waals surface area (Å²) in [6.07, 6.45) is 6.39. The summed E-state index contributed by atoms with van der Waals surface area (Å²) in [6.45, 7) is 2.06. The van der Waals surface area contributed by atoms with Gasteiger partial charge in [-0.1, -0.05) is 12.2 Å². The molecule has 3 aliphatic heterocycles. The van der Waals surface area contributed by atoms with Gasteiger partial charge in [-0.2, -0.15) is 4.99 Å². The third-order valence-corrected chi connectivity index (χ3v) is 4.24. The lowest BCUT2D eigenvalue weighted by Crippen LogP contribution is -2.53. The molecule has 16 heavy (non-hydrogen) atoms. The number of carbonyl (C=O) groups is 1. The molecule has 84 valence electrons. The molecule has 1 amide bonds. The zero-order chi connectivity index (χ0) is 11.0. The minimum atomic E-state index is -0.418. The Morgan fingerprint density at radius 3 is 3.25 bits per heavy atom. The Bertz CT molecular complexity index is 455. The number of carbonyl (C=O) groups excluding carboxylic acids is 1. The average Bonchev–Trinajstić information content (AvgIpc) is 2.67. The predicted octanol–water partition coefficient (Wildman–Crippen LogP) is 1.84. The van der Waals surface area contributed by atoms with Crippen LogP contribution < -0.4 is 0 Å². The fraction of sp³-hybridized carbons (Fsp3) is 0.667. The first-order valence-electron chi connectivity index (χ1n) is 5.79. The second-order valence-electron chi connectivity index (χ2n) is 5.42. The number of hydrogen-bond donors (Lipinski definition) is 0. The molecule has 0 aromatic carbocycles. The molecule has 0 radical (unpaired) electrons. The second kappa shape index (κ2) is 2.40. The summed E-state index contributed by atoms with van der Waals surface area (Å²) in [5, 5.41) is 0. The van der Waals surface area contributed by atoms with Gasteiger partial charge in [0.25, 0.3) is 0 Å². The zero-order valence-electron chi connectivity index (χ0n) is 9.10. The van der Waals surface area contributed by atoms with Crippen molar-refractivity contribution in [2.24, 2.45) is 10.9 Å². The Hall–Kier alpha value is -1.16. The topological polar surface area (TPSA) is 47.9 Å². The highest BCUT2D eigenvalue weighted by Gasteiger charge is 2.62. The van der Waals surface area contributed by atoms with Crippen molar-refractivity contribution in [2.45, 2.75) is 43.5 Å². The molecule has 4 aliphatic rings. The van der Waals surface area contributed by atoms with Crippen LogP contribution >= 0.6 is 0 Å². The molecule has 4 nitrogen and oxygen atoms in total. The largest absolute Gasteiger partial charge is 0.444 e. The standard InChI is InChI=1S/C12H13NO3/c1-11-4-5-12(16-11)3-2-8-9(12)7(6-11)13-10(14)15-8/h4-5,8-9H,2-3,6H2,1H3/t8-,9-,11+,12-/m1/s1. The molecule has 0 N–H and O–H groups in total. The number of amides is 1. The third kappa shape index (κ3) is 0.895. The molecule has 0 aromatic heterocycles. The molecular weight excluding hydrogens is 206 g/mol. The van der Waals surface area contributed by atoms with Gasteiger partial charge in [-0.15, -0.1) is 0 Å². The van der Waals surface area contributed by atoms with Gasteiger partial charge in [0.1, 0.15) is 6.10 Å². The van der Waals surface area contributed by atoms with Gasteiger partial charge in [0.2, 0.25) is 0 Å². The van der Waals surface area contributed by atoms with E-state index in [1.807, 2.05) is 0 Å². The van der Waals surface area contributed by atoms with Crippen molar-refractivity contribution in [1.82, 2.24) is 0 Å². The van der Waals surface area contributed by atoms with Crippen LogP contribution in [0.15, 0.2) is 17.1 Å². The van der Waals surface area contributed by atoms with E-state index in [1.165, 1.54) is 0 Å². The van der Waals surface area contributed by atoms with Gasteiger partial charge in [-0.3, -0.25) is 0 Å². The summed E-state index contributed by atoms with van der Waals surface area (Å²) >= 11 is 0. The first kappa shape index (κ1) is 8.93. The number of rotatable bonds is 0. The molecular formula is C12H13NO3. The maximum absolute atomic E-state index is 11.4. The molecule has 0 aromatic rings. The highest BCUT2D eigenvalue weighted by molar-refractivity contribution is 6.00. The maximum Gasteiger partial charge on any atom is 0.433 e. The van der Waals surface area contributed by atoms with Crippen molar-refractivity contribution in [3.05, 3.63) is 12.2 Å². The lowest BCUT2D eigenvalue weighted by Gasteiger charge is -2.43. The lowest BCUT2D eigenvalue weighted by molar-refractivity contribution is -0.108. The van der Waals surface area contributed by atoms with Crippen molar-refractivity contribution < 1.29 is 14.3 Å². The van der Waals surface area contributed by atoms with Crippen molar-refractivity contribution >= 4 is 11.8 Å². The van der Waals surface area contributed by atoms with Crippen molar-refractivity contribution in [1.29, 1.82) is 0 Å². The molecule has 1 saturated heterocycles. The number of aliphatic imine (C=N–C) groups is 1. The summed E-state index contributed by atoms with van der Waals surface area (Å²) in [6, 6.07) is 0. The van der Waals surface area contributed by atoms with Gasteiger partial charge in [0, 0.05) is 12.1 Å². The van der Waals surface area contributed by atoms with Gasteiger partial charge in [-0.25, -0.2) is 4.79 Å². The van der Waals surface area contributed by atoms with E-state index < -0.39 is 6.09 Å². The molecule has 4 heteroatoms. The van der Waals surface area contributed by atoms with E-state index >= 15 is 0 Å². The van der Waals surface area contributed by atoms with Crippen LogP contribution in [0.3, 0.4) is 0 Å². The summed E-state index contributed by atoms with van der Waals surface area (Å²) in [7, 11) is 0. The average molecular weight is 219 g/mol. The lowest BCUT2D eigenvalue weighted by atomic mass is 9.81. The van der Waals surface area contributed by atoms with Crippen LogP contribution in [0, 0.1) is 5.92 Å². The normalized spacial score (nSPS) is 52.3. The summed E-state index contributed by atoms with van der Waals surface area (Å²) in [4.78, 5) is 15.4. The Morgan fingerprint density at radius 2 is 2.38 bits per heavy atom. The fourth-order valence-electron chi connectivity index (χ4n) is 3.70. The van der Waals surface area contributed by atoms with Crippen LogP contribution in [0.5, 0.6) is 0 Å². The molecule has 3 heterocycles. The minimum absolute atomic E-state index is 0.0210. The van der Waals surface area contributed by atoms with E-state index in [0.29, 0.717) is 0 Å². The molecule has 2 bridgehead atoms. The smallest absolute Gasteiger partial charge is 0.433 e. The van der Waals surface area contributed by atoms with Crippen LogP contribution in [0.2, 0.25) is 0 Å². The monoisotopic (exact) mass is 219 g/mol. The van der Waals surface area contributed by atoms with Crippen LogP contribution in [-0.2, 0) is 9.47 Å². The van der Waals surface area contributed by atoms with Crippen molar-refractivity contribution in [3.63, 3.8) is 0 Å². The van der Waals surface area contributed by atoms with Crippen LogP contribution in [0.4, 0.5) is 4.79 Å². The second-order valence-corrected chi connectivity index (χ2v) is 5.42. The SMILES string of the molecule is C[C@]12C=C[C@@]3(CC[C@H]4OC(=O)N=C(C1)[C@H]43)O2. The Kier molecular flexibility index (Phi) is 1.34. The van der Waals surface area contributed by atoms with Crippen molar-refractivity contribution in [2.75, 3.05) is 0 Å². The van der Waals surface area contributed by atoms with Gasteiger partial charge in [0.05, 0.1) is 17.1 Å². The summed E-state index contributed by atoms with van der Waals surface area (Å²) in [5.41, 5.74) is 0.483. The van der Waals surface area contributed by atoms with E-state index in [1.54, 1.807) is 0 Å². The molecule has 1 saturated carbocycles. The van der Waals surface area contributed by atoms with Gasteiger partial charge in [0.15, 0.2) is 0 Å². The van der Waals surface area contributed by atoms with Gasteiger partial charge in [-0.05, 0) is 19.8 Å². The van der Waals surface area contributed by atoms with Crippen molar-refractivity contribution in [3.8, 4) is 0 Å². The Morgan fingerprint density at radius 1 is 1.50 bits per heavy atom. The quantitative estimate of drug-likeness (QED) is 0.584. The van der Waals surface area contributed by atoms with E-state index in [0.717, 1.165) is 25.0 Å². The molecule has 0 unspecified atom stereocenters. The number of ether oxygens (including phenoxy) is 2. The minimum Gasteiger partial charge on any atom is -0.444 e. The van der Waals surface area contributed by atoms with E-state index in [9.17, 15) is 4.79 Å². The highest BCUT2D eigenvalue weighted by atomic mass is 16.6. The van der Waals surface area contributed by atoms with Crippen LogP contribution in [-0.4, -0.2) is 29.1 Å². The van der Waals surface area contributed by atoms with Crippen LogP contribution in [0.1, 0.15) is 26.2 Å². The Balaban J connectivity index is 1.90. The number of fused-ring (bicyclic) bond motifs is 1. The third-order valence-electron chi connectivity index (χ3n) is 4.24. The zero-order valence-corrected chi connectivity index (χ0v) is 9.10. The Labute approximate surface area is 93.3 Å². The highest BCUT2D eigenvalue weighted by Crippen LogP contribution is 2.54.